The van der Waals surface area contributed by atoms with Crippen molar-refractivity contribution in [3.63, 3.8) is 0 Å². The first kappa shape index (κ1) is 19.0. The summed E-state index contributed by atoms with van der Waals surface area (Å²) >= 11 is 6.12. The number of amides is 1. The van der Waals surface area contributed by atoms with Gasteiger partial charge in [-0.15, -0.1) is 0 Å². The summed E-state index contributed by atoms with van der Waals surface area (Å²) in [5, 5.41) is 8.27. The number of aromatic nitrogens is 2. The zero-order chi connectivity index (χ0) is 19.9. The van der Waals surface area contributed by atoms with Crippen LogP contribution >= 0.6 is 11.6 Å². The Hall–Kier alpha value is -2.38. The Balaban J connectivity index is 1.67. The average Bonchev–Trinajstić information content (AvgIpc) is 3.35. The largest absolute Gasteiger partial charge is 0.326 e. The Morgan fingerprint density at radius 1 is 1.29 bits per heavy atom. The zero-order valence-corrected chi connectivity index (χ0v) is 16.9. The first-order chi connectivity index (χ1) is 13.3. The van der Waals surface area contributed by atoms with E-state index in [1.54, 1.807) is 30.5 Å². The van der Waals surface area contributed by atoms with E-state index in [0.717, 1.165) is 25.6 Å². The second kappa shape index (κ2) is 7.22. The summed E-state index contributed by atoms with van der Waals surface area (Å²) in [4.78, 5) is 12.7. The minimum absolute atomic E-state index is 0.104. The SMILES string of the molecule is CS(=O)(=O)c1cc(NC(=O)Cc2ccccc2Cl)cc2c1cnn2CC1CC1. The number of benzene rings is 2. The fraction of sp³-hybridized carbons (Fsp3) is 0.300. The van der Waals surface area contributed by atoms with Crippen molar-refractivity contribution in [1.29, 1.82) is 0 Å². The molecule has 0 aliphatic heterocycles. The van der Waals surface area contributed by atoms with Crippen molar-refractivity contribution in [3.05, 3.63) is 53.2 Å². The highest BCUT2D eigenvalue weighted by Gasteiger charge is 2.24. The lowest BCUT2D eigenvalue weighted by Gasteiger charge is -2.10. The third-order valence-corrected chi connectivity index (χ3v) is 6.35. The maximum atomic E-state index is 12.5. The predicted octanol–water partition coefficient (Wildman–Crippen LogP) is 3.68. The molecule has 8 heteroatoms. The number of carbonyl (C=O) groups excluding carboxylic acids is 1. The van der Waals surface area contributed by atoms with E-state index >= 15 is 0 Å². The van der Waals surface area contributed by atoms with Crippen molar-refractivity contribution in [2.75, 3.05) is 11.6 Å². The van der Waals surface area contributed by atoms with Crippen LogP contribution in [-0.2, 0) is 27.6 Å². The van der Waals surface area contributed by atoms with Gasteiger partial charge in [-0.05, 0) is 42.5 Å². The van der Waals surface area contributed by atoms with Gasteiger partial charge in [0.25, 0.3) is 0 Å². The Kier molecular flexibility index (Phi) is 4.89. The molecule has 1 N–H and O–H groups in total. The molecule has 1 saturated carbocycles. The van der Waals surface area contributed by atoms with E-state index in [9.17, 15) is 13.2 Å². The number of hydrogen-bond acceptors (Lipinski definition) is 4. The normalized spacial score (nSPS) is 14.4. The van der Waals surface area contributed by atoms with Gasteiger partial charge in [-0.3, -0.25) is 9.48 Å². The van der Waals surface area contributed by atoms with Crippen LogP contribution in [0.15, 0.2) is 47.5 Å². The van der Waals surface area contributed by atoms with Gasteiger partial charge < -0.3 is 5.32 Å². The molecule has 0 radical (unpaired) electrons. The molecule has 0 saturated heterocycles. The summed E-state index contributed by atoms with van der Waals surface area (Å²) in [5.41, 5.74) is 1.86. The molecule has 1 amide bonds. The Bertz CT molecular complexity index is 1170. The average molecular weight is 418 g/mol. The van der Waals surface area contributed by atoms with E-state index in [0.29, 0.717) is 33.1 Å². The van der Waals surface area contributed by atoms with Gasteiger partial charge in [0.05, 0.1) is 23.0 Å². The van der Waals surface area contributed by atoms with Crippen molar-refractivity contribution >= 4 is 43.9 Å². The smallest absolute Gasteiger partial charge is 0.228 e. The molecule has 1 aromatic heterocycles. The molecule has 0 bridgehead atoms. The summed E-state index contributed by atoms with van der Waals surface area (Å²) in [7, 11) is -3.48. The number of fused-ring (bicyclic) bond motifs is 1. The highest BCUT2D eigenvalue weighted by atomic mass is 35.5. The standard InChI is InChI=1S/C20H20ClN3O3S/c1-28(26,27)19-10-15(23-20(25)8-14-4-2-3-5-17(14)21)9-18-16(19)11-22-24(18)12-13-6-7-13/h2-5,9-11,13H,6-8,12H2,1H3,(H,23,25). The lowest BCUT2D eigenvalue weighted by molar-refractivity contribution is -0.115. The van der Waals surface area contributed by atoms with Crippen LogP contribution in [0.2, 0.25) is 5.02 Å². The van der Waals surface area contributed by atoms with Gasteiger partial charge in [0.2, 0.25) is 5.91 Å². The van der Waals surface area contributed by atoms with Gasteiger partial charge in [0, 0.05) is 28.9 Å². The quantitative estimate of drug-likeness (QED) is 0.663. The number of sulfone groups is 1. The number of nitrogens with one attached hydrogen (secondary N) is 1. The monoisotopic (exact) mass is 417 g/mol. The van der Waals surface area contributed by atoms with Crippen molar-refractivity contribution in [2.45, 2.75) is 30.7 Å². The van der Waals surface area contributed by atoms with Crippen LogP contribution in [0.3, 0.4) is 0 Å². The molecule has 146 valence electrons. The van der Waals surface area contributed by atoms with Crippen LogP contribution in [0.4, 0.5) is 5.69 Å². The maximum Gasteiger partial charge on any atom is 0.228 e. The number of hydrogen-bond donors (Lipinski definition) is 1. The number of halogens is 1. The lowest BCUT2D eigenvalue weighted by Crippen LogP contribution is -2.15. The van der Waals surface area contributed by atoms with Gasteiger partial charge in [-0.2, -0.15) is 5.10 Å². The molecule has 28 heavy (non-hydrogen) atoms. The molecule has 4 rings (SSSR count). The highest BCUT2D eigenvalue weighted by Crippen LogP contribution is 2.33. The van der Waals surface area contributed by atoms with Crippen LogP contribution < -0.4 is 5.32 Å². The van der Waals surface area contributed by atoms with E-state index in [2.05, 4.69) is 10.4 Å². The van der Waals surface area contributed by atoms with Crippen LogP contribution in [0, 0.1) is 5.92 Å². The molecular formula is C20H20ClN3O3S. The molecule has 0 spiro atoms. The van der Waals surface area contributed by atoms with Crippen LogP contribution in [-0.4, -0.2) is 30.4 Å². The second-order valence-electron chi connectivity index (χ2n) is 7.27. The summed E-state index contributed by atoms with van der Waals surface area (Å²) in [5.74, 6) is 0.323. The fourth-order valence-corrected chi connectivity index (χ4v) is 4.33. The highest BCUT2D eigenvalue weighted by molar-refractivity contribution is 7.91. The lowest BCUT2D eigenvalue weighted by atomic mass is 10.1. The molecule has 0 atom stereocenters. The summed E-state index contributed by atoms with van der Waals surface area (Å²) in [6.07, 6.45) is 5.18. The third-order valence-electron chi connectivity index (χ3n) is 4.84. The first-order valence-electron chi connectivity index (χ1n) is 9.04. The minimum atomic E-state index is -3.48. The van der Waals surface area contributed by atoms with E-state index < -0.39 is 9.84 Å². The molecule has 1 aliphatic carbocycles. The van der Waals surface area contributed by atoms with E-state index in [1.165, 1.54) is 6.07 Å². The van der Waals surface area contributed by atoms with Gasteiger partial charge in [0.1, 0.15) is 0 Å². The van der Waals surface area contributed by atoms with Crippen molar-refractivity contribution < 1.29 is 13.2 Å². The number of anilines is 1. The maximum absolute atomic E-state index is 12.5. The van der Waals surface area contributed by atoms with Crippen LogP contribution in [0.5, 0.6) is 0 Å². The van der Waals surface area contributed by atoms with E-state index in [1.807, 2.05) is 10.7 Å². The summed E-state index contributed by atoms with van der Waals surface area (Å²) in [6, 6.07) is 10.4. The van der Waals surface area contributed by atoms with Gasteiger partial charge in [0.15, 0.2) is 9.84 Å². The van der Waals surface area contributed by atoms with Crippen molar-refractivity contribution in [1.82, 2.24) is 9.78 Å². The molecule has 3 aromatic rings. The molecule has 1 aliphatic rings. The zero-order valence-electron chi connectivity index (χ0n) is 15.4. The molecule has 6 nitrogen and oxygen atoms in total. The molecule has 1 fully saturated rings. The molecule has 2 aromatic carbocycles. The van der Waals surface area contributed by atoms with Gasteiger partial charge >= 0.3 is 0 Å². The second-order valence-corrected chi connectivity index (χ2v) is 9.66. The topological polar surface area (TPSA) is 81.1 Å². The Morgan fingerprint density at radius 3 is 2.71 bits per heavy atom. The fourth-order valence-electron chi connectivity index (χ4n) is 3.23. The molecule has 0 unspecified atom stereocenters. The predicted molar refractivity (Wildman–Crippen MR) is 109 cm³/mol. The number of nitrogens with zero attached hydrogens (tertiary/aromatic N) is 2. The summed E-state index contributed by atoms with van der Waals surface area (Å²) < 4.78 is 26.4. The number of carbonyl (C=O) groups is 1. The first-order valence-corrected chi connectivity index (χ1v) is 11.3. The van der Waals surface area contributed by atoms with Crippen LogP contribution in [0.25, 0.3) is 10.9 Å². The molecular weight excluding hydrogens is 398 g/mol. The third kappa shape index (κ3) is 4.05. The van der Waals surface area contributed by atoms with Gasteiger partial charge in [-0.1, -0.05) is 29.8 Å². The number of rotatable bonds is 6. The van der Waals surface area contributed by atoms with E-state index in [4.69, 9.17) is 11.6 Å². The minimum Gasteiger partial charge on any atom is -0.326 e. The van der Waals surface area contributed by atoms with Gasteiger partial charge in [-0.25, -0.2) is 8.42 Å². The Labute approximate surface area is 168 Å². The summed E-state index contributed by atoms with van der Waals surface area (Å²) in [6.45, 7) is 0.754. The Morgan fingerprint density at radius 2 is 2.04 bits per heavy atom. The van der Waals surface area contributed by atoms with Crippen molar-refractivity contribution in [2.24, 2.45) is 5.92 Å². The van der Waals surface area contributed by atoms with Crippen LogP contribution in [0.1, 0.15) is 18.4 Å². The van der Waals surface area contributed by atoms with E-state index in [-0.39, 0.29) is 17.2 Å². The molecule has 1 heterocycles. The van der Waals surface area contributed by atoms with Crippen molar-refractivity contribution in [3.8, 4) is 0 Å².